The van der Waals surface area contributed by atoms with Crippen LogP contribution in [0.2, 0.25) is 0 Å². The van der Waals surface area contributed by atoms with Gasteiger partial charge >= 0.3 is 0 Å². The number of fused-ring (bicyclic) bond motifs is 1. The van der Waals surface area contributed by atoms with E-state index in [1.165, 1.54) is 22.2 Å². The van der Waals surface area contributed by atoms with Crippen molar-refractivity contribution in [1.29, 1.82) is 0 Å². The minimum atomic E-state index is -1.13. The summed E-state index contributed by atoms with van der Waals surface area (Å²) in [6, 6.07) is 17.7. The highest BCUT2D eigenvalue weighted by Gasteiger charge is 2.32. The van der Waals surface area contributed by atoms with Crippen LogP contribution in [0.15, 0.2) is 64.9 Å². The van der Waals surface area contributed by atoms with Gasteiger partial charge in [-0.15, -0.1) is 23.1 Å². The lowest BCUT2D eigenvalue weighted by Gasteiger charge is -2.19. The molecule has 4 rings (SSSR count). The SMILES string of the molecule is COc1ccc([C@@H]2Sc3cc(Cc4cccs4)ccc3NC(=O)[C@@H]2O)cc1. The second kappa shape index (κ2) is 7.76. The summed E-state index contributed by atoms with van der Waals surface area (Å²) in [5.41, 5.74) is 2.82. The molecule has 0 saturated heterocycles. The molecule has 2 aromatic carbocycles. The molecule has 0 radical (unpaired) electrons. The summed E-state index contributed by atoms with van der Waals surface area (Å²) in [6.45, 7) is 0. The Morgan fingerprint density at radius 2 is 1.96 bits per heavy atom. The summed E-state index contributed by atoms with van der Waals surface area (Å²) in [5, 5.41) is 15.1. The van der Waals surface area contributed by atoms with Crippen molar-refractivity contribution in [3.05, 3.63) is 76.0 Å². The number of carbonyl (C=O) groups excluding carboxylic acids is 1. The van der Waals surface area contributed by atoms with Crippen LogP contribution in [0.1, 0.15) is 21.3 Å². The number of rotatable bonds is 4. The van der Waals surface area contributed by atoms with Gasteiger partial charge in [0.1, 0.15) is 11.9 Å². The van der Waals surface area contributed by atoms with E-state index in [0.29, 0.717) is 0 Å². The van der Waals surface area contributed by atoms with Crippen molar-refractivity contribution in [3.8, 4) is 5.75 Å². The molecule has 2 heterocycles. The number of aliphatic hydroxyl groups is 1. The van der Waals surface area contributed by atoms with Gasteiger partial charge in [-0.25, -0.2) is 0 Å². The average molecular weight is 398 g/mol. The number of aliphatic hydroxyl groups excluding tert-OH is 1. The molecule has 6 heteroatoms. The highest BCUT2D eigenvalue weighted by molar-refractivity contribution is 7.99. The first-order chi connectivity index (χ1) is 13.1. The van der Waals surface area contributed by atoms with Crippen molar-refractivity contribution in [2.24, 2.45) is 0 Å². The Morgan fingerprint density at radius 3 is 2.67 bits per heavy atom. The third-order valence-electron chi connectivity index (χ3n) is 4.52. The van der Waals surface area contributed by atoms with E-state index in [1.54, 1.807) is 18.4 Å². The van der Waals surface area contributed by atoms with Gasteiger partial charge in [0.05, 0.1) is 18.0 Å². The first-order valence-electron chi connectivity index (χ1n) is 8.59. The van der Waals surface area contributed by atoms with Gasteiger partial charge in [-0.1, -0.05) is 24.3 Å². The number of thiophene rings is 1. The van der Waals surface area contributed by atoms with Crippen molar-refractivity contribution in [2.75, 3.05) is 12.4 Å². The molecule has 1 amide bonds. The molecule has 0 spiro atoms. The molecule has 2 atom stereocenters. The number of amides is 1. The van der Waals surface area contributed by atoms with Crippen molar-refractivity contribution in [1.82, 2.24) is 0 Å². The van der Waals surface area contributed by atoms with Gasteiger partial charge < -0.3 is 15.2 Å². The predicted octanol–water partition coefficient (Wildman–Crippen LogP) is 4.49. The van der Waals surface area contributed by atoms with Crippen LogP contribution in [0.3, 0.4) is 0 Å². The molecular weight excluding hydrogens is 378 g/mol. The molecule has 0 aliphatic carbocycles. The first-order valence-corrected chi connectivity index (χ1v) is 10.3. The molecule has 138 valence electrons. The topological polar surface area (TPSA) is 58.6 Å². The summed E-state index contributed by atoms with van der Waals surface area (Å²) in [6.07, 6.45) is -0.272. The number of methoxy groups -OCH3 is 1. The number of nitrogens with one attached hydrogen (secondary N) is 1. The molecule has 4 nitrogen and oxygen atoms in total. The number of hydrogen-bond acceptors (Lipinski definition) is 5. The van der Waals surface area contributed by atoms with Crippen LogP contribution < -0.4 is 10.1 Å². The van der Waals surface area contributed by atoms with Crippen molar-refractivity contribution in [3.63, 3.8) is 0 Å². The summed E-state index contributed by atoms with van der Waals surface area (Å²) in [4.78, 5) is 14.7. The molecule has 1 aromatic heterocycles. The Kier molecular flexibility index (Phi) is 5.20. The average Bonchev–Trinajstić information content (AvgIpc) is 3.16. The minimum absolute atomic E-state index is 0.380. The number of ether oxygens (including phenoxy) is 1. The normalized spacial score (nSPS) is 19.1. The van der Waals surface area contributed by atoms with Gasteiger partial charge in [-0.2, -0.15) is 0 Å². The van der Waals surface area contributed by atoms with Gasteiger partial charge in [0.15, 0.2) is 0 Å². The van der Waals surface area contributed by atoms with Crippen LogP contribution in [0.5, 0.6) is 5.75 Å². The number of hydrogen-bond donors (Lipinski definition) is 2. The molecule has 1 aliphatic rings. The molecule has 1 aliphatic heterocycles. The standard InChI is InChI=1S/C21H19NO3S2/c1-25-15-7-5-14(6-8-15)20-19(23)21(24)22-17-9-4-13(12-18(17)27-20)11-16-3-2-10-26-16/h2-10,12,19-20,23H,11H2,1H3,(H,22,24)/t19-,20+/m1/s1. The maximum atomic E-state index is 12.4. The van der Waals surface area contributed by atoms with E-state index >= 15 is 0 Å². The Balaban J connectivity index is 1.66. The van der Waals surface area contributed by atoms with Crippen LogP contribution >= 0.6 is 23.1 Å². The van der Waals surface area contributed by atoms with Crippen molar-refractivity contribution in [2.45, 2.75) is 22.7 Å². The smallest absolute Gasteiger partial charge is 0.254 e. The molecule has 0 bridgehead atoms. The molecule has 2 N–H and O–H groups in total. The third kappa shape index (κ3) is 3.88. The monoisotopic (exact) mass is 397 g/mol. The van der Waals surface area contributed by atoms with Crippen LogP contribution in [0.4, 0.5) is 5.69 Å². The number of carbonyl (C=O) groups is 1. The van der Waals surface area contributed by atoms with Crippen molar-refractivity contribution >= 4 is 34.7 Å². The summed E-state index contributed by atoms with van der Waals surface area (Å²) < 4.78 is 5.20. The van der Waals surface area contributed by atoms with Gasteiger partial charge in [-0.05, 0) is 46.8 Å². The minimum Gasteiger partial charge on any atom is -0.497 e. The zero-order valence-electron chi connectivity index (χ0n) is 14.7. The van der Waals surface area contributed by atoms with E-state index < -0.39 is 6.10 Å². The van der Waals surface area contributed by atoms with Gasteiger partial charge in [0.2, 0.25) is 0 Å². The van der Waals surface area contributed by atoms with Crippen LogP contribution in [-0.2, 0) is 11.2 Å². The maximum Gasteiger partial charge on any atom is 0.254 e. The molecule has 0 saturated carbocycles. The Bertz CT molecular complexity index is 939. The van der Waals surface area contributed by atoms with Crippen LogP contribution in [0.25, 0.3) is 0 Å². The molecule has 27 heavy (non-hydrogen) atoms. The van der Waals surface area contributed by atoms with E-state index in [0.717, 1.165) is 28.3 Å². The fourth-order valence-corrected chi connectivity index (χ4v) is 5.10. The second-order valence-corrected chi connectivity index (χ2v) is 8.55. The third-order valence-corrected chi connectivity index (χ3v) is 6.77. The highest BCUT2D eigenvalue weighted by atomic mass is 32.2. The summed E-state index contributed by atoms with van der Waals surface area (Å²) in [5.74, 6) is 0.364. The van der Waals surface area contributed by atoms with Crippen molar-refractivity contribution < 1.29 is 14.6 Å². The number of thioether (sulfide) groups is 1. The predicted molar refractivity (Wildman–Crippen MR) is 110 cm³/mol. The molecule has 3 aromatic rings. The lowest BCUT2D eigenvalue weighted by atomic mass is 10.1. The molecule has 0 fully saturated rings. The lowest BCUT2D eigenvalue weighted by Crippen LogP contribution is -2.30. The Hall–Kier alpha value is -2.28. The zero-order valence-corrected chi connectivity index (χ0v) is 16.3. The lowest BCUT2D eigenvalue weighted by molar-refractivity contribution is -0.124. The maximum absolute atomic E-state index is 12.4. The van der Waals surface area contributed by atoms with Crippen LogP contribution in [-0.4, -0.2) is 24.2 Å². The fourth-order valence-electron chi connectivity index (χ4n) is 3.08. The Morgan fingerprint density at radius 1 is 1.15 bits per heavy atom. The highest BCUT2D eigenvalue weighted by Crippen LogP contribution is 2.44. The number of benzene rings is 2. The van der Waals surface area contributed by atoms with Crippen LogP contribution in [0, 0.1) is 0 Å². The largest absolute Gasteiger partial charge is 0.497 e. The van der Waals surface area contributed by atoms with Gasteiger partial charge in [0.25, 0.3) is 5.91 Å². The van der Waals surface area contributed by atoms with E-state index in [9.17, 15) is 9.90 Å². The summed E-state index contributed by atoms with van der Waals surface area (Å²) in [7, 11) is 1.61. The first kappa shape index (κ1) is 18.1. The number of anilines is 1. The second-order valence-electron chi connectivity index (χ2n) is 6.33. The zero-order chi connectivity index (χ0) is 18.8. The quantitative estimate of drug-likeness (QED) is 0.681. The molecular formula is C21H19NO3S2. The van der Waals surface area contributed by atoms with E-state index in [1.807, 2.05) is 36.4 Å². The fraction of sp³-hybridized carbons (Fsp3) is 0.190. The summed E-state index contributed by atoms with van der Waals surface area (Å²) >= 11 is 3.24. The van der Waals surface area contributed by atoms with E-state index in [-0.39, 0.29) is 11.2 Å². The molecule has 0 unspecified atom stereocenters. The van der Waals surface area contributed by atoms with E-state index in [2.05, 4.69) is 28.9 Å². The van der Waals surface area contributed by atoms with E-state index in [4.69, 9.17) is 4.74 Å². The Labute approximate surface area is 166 Å². The van der Waals surface area contributed by atoms with Gasteiger partial charge in [-0.3, -0.25) is 4.79 Å². The van der Waals surface area contributed by atoms with Gasteiger partial charge in [0, 0.05) is 16.2 Å².